The fourth-order valence-corrected chi connectivity index (χ4v) is 2.70. The molecule has 0 aliphatic heterocycles. The topological polar surface area (TPSA) is 61.4 Å². The van der Waals surface area contributed by atoms with Crippen LogP contribution in [0.25, 0.3) is 11.1 Å². The number of amides is 1. The third kappa shape index (κ3) is 4.93. The van der Waals surface area contributed by atoms with Crippen molar-refractivity contribution in [2.24, 2.45) is 5.92 Å². The number of aromatic nitrogens is 2. The minimum Gasteiger partial charge on any atom is -0.353 e. The summed E-state index contributed by atoms with van der Waals surface area (Å²) in [4.78, 5) is 25.2. The van der Waals surface area contributed by atoms with E-state index >= 15 is 0 Å². The third-order valence-corrected chi connectivity index (χ3v) is 4.25. The van der Waals surface area contributed by atoms with Crippen LogP contribution in [0.2, 0.25) is 5.02 Å². The summed E-state index contributed by atoms with van der Waals surface area (Å²) in [5.41, 5.74) is 1.53. The largest absolute Gasteiger partial charge is 0.353 e. The van der Waals surface area contributed by atoms with Crippen molar-refractivity contribution in [1.29, 1.82) is 0 Å². The highest BCUT2D eigenvalue weighted by molar-refractivity contribution is 6.33. The molecule has 2 rings (SSSR count). The quantitative estimate of drug-likeness (QED) is 0.803. The van der Waals surface area contributed by atoms with Crippen molar-refractivity contribution >= 4 is 29.3 Å². The molecule has 1 aromatic carbocycles. The van der Waals surface area contributed by atoms with Crippen LogP contribution in [0.4, 0.5) is 11.8 Å². The predicted molar refractivity (Wildman–Crippen MR) is 108 cm³/mol. The molecule has 1 N–H and O–H groups in total. The Kier molecular flexibility index (Phi) is 6.94. The average molecular weight is 376 g/mol. The van der Waals surface area contributed by atoms with Gasteiger partial charge in [0.2, 0.25) is 11.9 Å². The molecule has 0 radical (unpaired) electrons. The van der Waals surface area contributed by atoms with Gasteiger partial charge in [0.25, 0.3) is 0 Å². The van der Waals surface area contributed by atoms with Crippen LogP contribution >= 0.6 is 11.6 Å². The maximum Gasteiger partial charge on any atom is 0.230 e. The fourth-order valence-electron chi connectivity index (χ4n) is 2.47. The van der Waals surface area contributed by atoms with E-state index in [4.69, 9.17) is 11.6 Å². The van der Waals surface area contributed by atoms with Crippen molar-refractivity contribution in [1.82, 2.24) is 14.9 Å². The van der Waals surface area contributed by atoms with Crippen LogP contribution in [0.5, 0.6) is 0 Å². The Balaban J connectivity index is 2.44. The molecule has 0 aliphatic carbocycles. The number of rotatable bonds is 7. The molecule has 26 heavy (non-hydrogen) atoms. The zero-order chi connectivity index (χ0) is 19.3. The maximum absolute atomic E-state index is 12.5. The Morgan fingerprint density at radius 2 is 1.88 bits per heavy atom. The first-order valence-electron chi connectivity index (χ1n) is 8.59. The smallest absolute Gasteiger partial charge is 0.230 e. The number of benzene rings is 1. The number of nitrogens with one attached hydrogen (secondary N) is 1. The molecule has 140 valence electrons. The fraction of sp³-hybridized carbons (Fsp3) is 0.421. The van der Waals surface area contributed by atoms with Gasteiger partial charge in [-0.3, -0.25) is 9.69 Å². The van der Waals surface area contributed by atoms with E-state index in [9.17, 15) is 4.79 Å². The Morgan fingerprint density at radius 1 is 1.19 bits per heavy atom. The van der Waals surface area contributed by atoms with E-state index in [0.717, 1.165) is 17.7 Å². The van der Waals surface area contributed by atoms with Crippen LogP contribution in [-0.4, -0.2) is 55.0 Å². The first kappa shape index (κ1) is 20.1. The van der Waals surface area contributed by atoms with Gasteiger partial charge < -0.3 is 10.2 Å². The van der Waals surface area contributed by atoms with Crippen LogP contribution < -0.4 is 10.2 Å². The summed E-state index contributed by atoms with van der Waals surface area (Å²) in [6, 6.07) is 7.48. The molecule has 0 saturated carbocycles. The van der Waals surface area contributed by atoms with Crippen LogP contribution in [0.1, 0.15) is 13.8 Å². The van der Waals surface area contributed by atoms with Gasteiger partial charge in [-0.25, -0.2) is 4.98 Å². The third-order valence-electron chi connectivity index (χ3n) is 3.92. The highest BCUT2D eigenvalue weighted by Crippen LogP contribution is 2.34. The van der Waals surface area contributed by atoms with Gasteiger partial charge in [-0.2, -0.15) is 4.98 Å². The number of carbonyl (C=O) groups excluding carboxylic acids is 1. The summed E-state index contributed by atoms with van der Waals surface area (Å²) < 4.78 is 0. The summed E-state index contributed by atoms with van der Waals surface area (Å²) in [6.45, 7) is 5.29. The molecular weight excluding hydrogens is 350 g/mol. The summed E-state index contributed by atoms with van der Waals surface area (Å²) in [6.07, 6.45) is 1.71. The number of hydrogen-bond donors (Lipinski definition) is 1. The van der Waals surface area contributed by atoms with Crippen LogP contribution in [-0.2, 0) is 4.79 Å². The van der Waals surface area contributed by atoms with Crippen molar-refractivity contribution in [2.75, 3.05) is 44.4 Å². The van der Waals surface area contributed by atoms with Gasteiger partial charge in [0.1, 0.15) is 5.82 Å². The molecule has 1 aromatic heterocycles. The van der Waals surface area contributed by atoms with Crippen molar-refractivity contribution in [2.45, 2.75) is 13.8 Å². The molecule has 0 fully saturated rings. The van der Waals surface area contributed by atoms with Crippen LogP contribution in [0.15, 0.2) is 30.5 Å². The van der Waals surface area contributed by atoms with E-state index in [1.54, 1.807) is 18.1 Å². The van der Waals surface area contributed by atoms with Crippen molar-refractivity contribution in [3.63, 3.8) is 0 Å². The Labute approximate surface area is 160 Å². The predicted octanol–water partition coefficient (Wildman–Crippen LogP) is 3.39. The second kappa shape index (κ2) is 8.96. The van der Waals surface area contributed by atoms with E-state index in [-0.39, 0.29) is 11.8 Å². The highest BCUT2D eigenvalue weighted by atomic mass is 35.5. The van der Waals surface area contributed by atoms with Gasteiger partial charge >= 0.3 is 0 Å². The van der Waals surface area contributed by atoms with Crippen LogP contribution in [0.3, 0.4) is 0 Å². The first-order chi connectivity index (χ1) is 12.3. The monoisotopic (exact) mass is 375 g/mol. The van der Waals surface area contributed by atoms with Gasteiger partial charge in [-0.1, -0.05) is 43.6 Å². The normalized spacial score (nSPS) is 11.1. The highest BCUT2D eigenvalue weighted by Gasteiger charge is 2.21. The van der Waals surface area contributed by atoms with Gasteiger partial charge in [-0.15, -0.1) is 0 Å². The molecule has 1 heterocycles. The standard InChI is InChI=1S/C19H26ClN5O/c1-13(2)18(26)25(5)17-15(14-8-6-7-9-16(14)20)12-22-19(23-17)21-10-11-24(3)4/h6-9,12-13H,10-11H2,1-5H3,(H,21,22,23). The minimum absolute atomic E-state index is 0.0174. The Morgan fingerprint density at radius 3 is 2.50 bits per heavy atom. The van der Waals surface area contributed by atoms with E-state index in [1.165, 1.54) is 0 Å². The van der Waals surface area contributed by atoms with E-state index in [2.05, 4.69) is 20.2 Å². The lowest BCUT2D eigenvalue weighted by molar-refractivity contribution is -0.121. The number of hydrogen-bond acceptors (Lipinski definition) is 5. The summed E-state index contributed by atoms with van der Waals surface area (Å²) >= 11 is 6.36. The Hall–Kier alpha value is -2.18. The Bertz CT molecular complexity index is 763. The molecule has 0 atom stereocenters. The van der Waals surface area contributed by atoms with E-state index in [0.29, 0.717) is 23.3 Å². The van der Waals surface area contributed by atoms with E-state index < -0.39 is 0 Å². The summed E-state index contributed by atoms with van der Waals surface area (Å²) in [7, 11) is 5.74. The lowest BCUT2D eigenvalue weighted by Crippen LogP contribution is -2.32. The van der Waals surface area contributed by atoms with Gasteiger partial charge in [0.05, 0.1) is 0 Å². The second-order valence-electron chi connectivity index (χ2n) is 6.69. The van der Waals surface area contributed by atoms with Gasteiger partial charge in [0.15, 0.2) is 0 Å². The molecule has 7 heteroatoms. The van der Waals surface area contributed by atoms with Crippen LogP contribution in [0, 0.1) is 5.92 Å². The summed E-state index contributed by atoms with van der Waals surface area (Å²) in [5.74, 6) is 0.871. The molecule has 0 unspecified atom stereocenters. The zero-order valence-corrected chi connectivity index (χ0v) is 16.7. The number of nitrogens with zero attached hydrogens (tertiary/aromatic N) is 4. The second-order valence-corrected chi connectivity index (χ2v) is 7.10. The van der Waals surface area contributed by atoms with E-state index in [1.807, 2.05) is 52.2 Å². The maximum atomic E-state index is 12.5. The minimum atomic E-state index is -0.140. The molecular formula is C19H26ClN5O. The molecule has 0 spiro atoms. The van der Waals surface area contributed by atoms with Crippen molar-refractivity contribution in [3.05, 3.63) is 35.5 Å². The number of halogens is 1. The molecule has 6 nitrogen and oxygen atoms in total. The van der Waals surface area contributed by atoms with Crippen molar-refractivity contribution in [3.8, 4) is 11.1 Å². The number of anilines is 2. The lowest BCUT2D eigenvalue weighted by Gasteiger charge is -2.22. The lowest BCUT2D eigenvalue weighted by atomic mass is 10.1. The number of likely N-dealkylation sites (N-methyl/N-ethyl adjacent to an activating group) is 1. The molecule has 0 bridgehead atoms. The molecule has 0 aliphatic rings. The molecule has 2 aromatic rings. The number of carbonyl (C=O) groups is 1. The van der Waals surface area contributed by atoms with Gasteiger partial charge in [0, 0.05) is 48.4 Å². The van der Waals surface area contributed by atoms with Crippen molar-refractivity contribution < 1.29 is 4.79 Å². The van der Waals surface area contributed by atoms with Gasteiger partial charge in [-0.05, 0) is 20.2 Å². The summed E-state index contributed by atoms with van der Waals surface area (Å²) in [5, 5.41) is 3.79. The molecule has 1 amide bonds. The first-order valence-corrected chi connectivity index (χ1v) is 8.97. The SMILES string of the molecule is CC(C)C(=O)N(C)c1nc(NCCN(C)C)ncc1-c1ccccc1Cl. The average Bonchev–Trinajstić information content (AvgIpc) is 2.60. The zero-order valence-electron chi connectivity index (χ0n) is 16.0. The molecule has 0 saturated heterocycles.